The zero-order chi connectivity index (χ0) is 9.23. The Morgan fingerprint density at radius 2 is 2.08 bits per heavy atom. The second-order valence-electron chi connectivity index (χ2n) is 2.63. The monoisotopic (exact) mass is 193 g/mol. The lowest BCUT2D eigenvalue weighted by molar-refractivity contribution is 0.0794. The summed E-state index contributed by atoms with van der Waals surface area (Å²) in [6, 6.07) is 0. The lowest BCUT2D eigenvalue weighted by atomic mass is 10.5. The minimum absolute atomic E-state index is 0.120. The van der Waals surface area contributed by atoms with Crippen molar-refractivity contribution in [2.24, 2.45) is 0 Å². The van der Waals surface area contributed by atoms with E-state index in [1.165, 1.54) is 0 Å². The van der Waals surface area contributed by atoms with Crippen LogP contribution in [0.1, 0.15) is 0 Å². The molecule has 0 saturated heterocycles. The maximum atomic E-state index is 8.43. The molecule has 0 saturated carbocycles. The van der Waals surface area contributed by atoms with Crippen LogP contribution in [0.15, 0.2) is 0 Å². The Morgan fingerprint density at radius 1 is 1.33 bits per heavy atom. The highest BCUT2D eigenvalue weighted by Gasteiger charge is 1.96. The summed E-state index contributed by atoms with van der Waals surface area (Å²) in [5.41, 5.74) is 0. The number of thioether (sulfide) groups is 1. The first-order valence-electron chi connectivity index (χ1n) is 4.17. The van der Waals surface area contributed by atoms with Crippen LogP contribution in [0.25, 0.3) is 0 Å². The quantitative estimate of drug-likeness (QED) is 0.562. The van der Waals surface area contributed by atoms with E-state index in [-0.39, 0.29) is 6.61 Å². The lowest BCUT2D eigenvalue weighted by Gasteiger charge is -2.15. The molecular formula is C8H19NO2S. The number of ether oxygens (including phenoxy) is 1. The minimum atomic E-state index is 0.120. The molecular weight excluding hydrogens is 174 g/mol. The minimum Gasteiger partial charge on any atom is -0.394 e. The molecule has 74 valence electrons. The second kappa shape index (κ2) is 9.32. The third-order valence-corrected chi connectivity index (χ3v) is 2.12. The van der Waals surface area contributed by atoms with E-state index in [0.717, 1.165) is 18.8 Å². The van der Waals surface area contributed by atoms with Gasteiger partial charge in [0.1, 0.15) is 0 Å². The molecule has 0 rings (SSSR count). The van der Waals surface area contributed by atoms with Crippen LogP contribution < -0.4 is 0 Å². The largest absolute Gasteiger partial charge is 0.394 e. The molecule has 0 aliphatic rings. The molecule has 0 bridgehead atoms. The Morgan fingerprint density at radius 3 is 2.67 bits per heavy atom. The molecule has 3 nitrogen and oxygen atoms in total. The van der Waals surface area contributed by atoms with Crippen molar-refractivity contribution in [2.45, 2.75) is 0 Å². The summed E-state index contributed by atoms with van der Waals surface area (Å²) in [6.45, 7) is 3.33. The van der Waals surface area contributed by atoms with E-state index in [1.54, 1.807) is 0 Å². The molecule has 0 unspecified atom stereocenters. The van der Waals surface area contributed by atoms with Gasteiger partial charge in [-0.2, -0.15) is 11.8 Å². The van der Waals surface area contributed by atoms with Gasteiger partial charge in [-0.1, -0.05) is 0 Å². The van der Waals surface area contributed by atoms with Crippen LogP contribution in [0.4, 0.5) is 0 Å². The van der Waals surface area contributed by atoms with Crippen molar-refractivity contribution in [2.75, 3.05) is 52.0 Å². The van der Waals surface area contributed by atoms with Gasteiger partial charge in [0.05, 0.1) is 19.8 Å². The third-order valence-electron chi connectivity index (χ3n) is 1.53. The van der Waals surface area contributed by atoms with E-state index in [0.29, 0.717) is 13.2 Å². The number of hydrogen-bond donors (Lipinski definition) is 1. The number of rotatable bonds is 8. The van der Waals surface area contributed by atoms with Crippen molar-refractivity contribution in [3.05, 3.63) is 0 Å². The topological polar surface area (TPSA) is 32.7 Å². The molecule has 0 spiro atoms. The van der Waals surface area contributed by atoms with Crippen LogP contribution in [0.5, 0.6) is 0 Å². The predicted octanol–water partition coefficient (Wildman–Crippen LogP) is 0.290. The van der Waals surface area contributed by atoms with Gasteiger partial charge < -0.3 is 14.7 Å². The highest BCUT2D eigenvalue weighted by Crippen LogP contribution is 1.92. The summed E-state index contributed by atoms with van der Waals surface area (Å²) in [7, 11) is 2.08. The van der Waals surface area contributed by atoms with Gasteiger partial charge >= 0.3 is 0 Å². The number of aliphatic hydroxyl groups is 1. The predicted molar refractivity (Wildman–Crippen MR) is 53.8 cm³/mol. The fourth-order valence-corrected chi connectivity index (χ4v) is 1.24. The van der Waals surface area contributed by atoms with E-state index in [1.807, 2.05) is 11.8 Å². The normalized spacial score (nSPS) is 11.0. The van der Waals surface area contributed by atoms with Gasteiger partial charge in [0, 0.05) is 18.8 Å². The number of nitrogens with zero attached hydrogens (tertiary/aromatic N) is 1. The van der Waals surface area contributed by atoms with Gasteiger partial charge in [-0.3, -0.25) is 0 Å². The van der Waals surface area contributed by atoms with E-state index in [2.05, 4.69) is 18.2 Å². The van der Waals surface area contributed by atoms with Crippen LogP contribution in [-0.4, -0.2) is 62.0 Å². The highest BCUT2D eigenvalue weighted by molar-refractivity contribution is 7.98. The first-order chi connectivity index (χ1) is 5.81. The van der Waals surface area contributed by atoms with Crippen molar-refractivity contribution < 1.29 is 9.84 Å². The van der Waals surface area contributed by atoms with Gasteiger partial charge in [-0.15, -0.1) is 0 Å². The number of likely N-dealkylation sites (N-methyl/N-ethyl adjacent to an activating group) is 1. The van der Waals surface area contributed by atoms with Gasteiger partial charge in [0.15, 0.2) is 0 Å². The van der Waals surface area contributed by atoms with Crippen molar-refractivity contribution in [3.8, 4) is 0 Å². The van der Waals surface area contributed by atoms with Gasteiger partial charge in [0.25, 0.3) is 0 Å². The van der Waals surface area contributed by atoms with Crippen LogP contribution in [0.3, 0.4) is 0 Å². The summed E-state index contributed by atoms with van der Waals surface area (Å²) in [5, 5.41) is 8.43. The maximum absolute atomic E-state index is 8.43. The third kappa shape index (κ3) is 8.33. The highest BCUT2D eigenvalue weighted by atomic mass is 32.2. The zero-order valence-corrected chi connectivity index (χ0v) is 8.77. The molecule has 0 atom stereocenters. The summed E-state index contributed by atoms with van der Waals surface area (Å²) in [6.07, 6.45) is 2.11. The van der Waals surface area contributed by atoms with Gasteiger partial charge in [-0.25, -0.2) is 0 Å². The summed E-state index contributed by atoms with van der Waals surface area (Å²) in [4.78, 5) is 2.23. The van der Waals surface area contributed by atoms with E-state index in [4.69, 9.17) is 9.84 Å². The molecule has 1 N–H and O–H groups in total. The summed E-state index contributed by atoms with van der Waals surface area (Å²) >= 11 is 1.85. The lowest BCUT2D eigenvalue weighted by Crippen LogP contribution is -2.25. The Hall–Kier alpha value is 0.230. The van der Waals surface area contributed by atoms with E-state index in [9.17, 15) is 0 Å². The van der Waals surface area contributed by atoms with E-state index < -0.39 is 0 Å². The van der Waals surface area contributed by atoms with Crippen LogP contribution >= 0.6 is 11.8 Å². The fourth-order valence-electron chi connectivity index (χ4n) is 0.746. The first kappa shape index (κ1) is 12.2. The molecule has 0 radical (unpaired) electrons. The van der Waals surface area contributed by atoms with E-state index >= 15 is 0 Å². The van der Waals surface area contributed by atoms with Crippen molar-refractivity contribution >= 4 is 11.8 Å². The molecule has 0 aromatic rings. The first-order valence-corrected chi connectivity index (χ1v) is 5.56. The molecule has 0 aliphatic carbocycles. The van der Waals surface area contributed by atoms with Crippen molar-refractivity contribution in [1.29, 1.82) is 0 Å². The molecule has 0 aromatic heterocycles. The van der Waals surface area contributed by atoms with Crippen LogP contribution in [0, 0.1) is 0 Å². The average Bonchev–Trinajstić information content (AvgIpc) is 2.09. The van der Waals surface area contributed by atoms with Crippen molar-refractivity contribution in [1.82, 2.24) is 4.90 Å². The van der Waals surface area contributed by atoms with Crippen LogP contribution in [-0.2, 0) is 4.74 Å². The standard InChI is InChI=1S/C8H19NO2S/c1-9(4-8-12-2)3-6-11-7-5-10/h10H,3-8H2,1-2H3. The maximum Gasteiger partial charge on any atom is 0.0698 e. The molecule has 0 heterocycles. The zero-order valence-electron chi connectivity index (χ0n) is 7.95. The second-order valence-corrected chi connectivity index (χ2v) is 3.62. The number of aliphatic hydroxyl groups excluding tert-OH is 1. The molecule has 0 aromatic carbocycles. The fraction of sp³-hybridized carbons (Fsp3) is 1.00. The molecule has 0 fully saturated rings. The average molecular weight is 193 g/mol. The Bertz CT molecular complexity index is 93.1. The molecule has 12 heavy (non-hydrogen) atoms. The van der Waals surface area contributed by atoms with Crippen LogP contribution in [0.2, 0.25) is 0 Å². The SMILES string of the molecule is CSCCN(C)CCOCCO. The molecule has 0 amide bonds. The molecule has 0 aliphatic heterocycles. The Kier molecular flexibility index (Phi) is 9.50. The van der Waals surface area contributed by atoms with Gasteiger partial charge in [-0.05, 0) is 13.3 Å². The Balaban J connectivity index is 3.02. The van der Waals surface area contributed by atoms with Gasteiger partial charge in [0.2, 0.25) is 0 Å². The molecule has 4 heteroatoms. The summed E-state index contributed by atoms with van der Waals surface area (Å²) in [5.74, 6) is 1.16. The number of hydrogen-bond acceptors (Lipinski definition) is 4. The Labute approximate surface area is 79.1 Å². The summed E-state index contributed by atoms with van der Waals surface area (Å²) < 4.78 is 5.13. The smallest absolute Gasteiger partial charge is 0.0698 e. The van der Waals surface area contributed by atoms with Crippen molar-refractivity contribution in [3.63, 3.8) is 0 Å².